The topological polar surface area (TPSA) is 68.5 Å². The van der Waals surface area contributed by atoms with E-state index in [1.807, 2.05) is 30.3 Å². The summed E-state index contributed by atoms with van der Waals surface area (Å²) in [4.78, 5) is 18.5. The van der Waals surface area contributed by atoms with Crippen molar-refractivity contribution in [2.45, 2.75) is 12.8 Å². The van der Waals surface area contributed by atoms with Crippen LogP contribution in [0.5, 0.6) is 5.88 Å². The van der Waals surface area contributed by atoms with Crippen molar-refractivity contribution in [3.8, 4) is 28.5 Å². The quantitative estimate of drug-likeness (QED) is 0.391. The first-order valence-corrected chi connectivity index (χ1v) is 10.6. The van der Waals surface area contributed by atoms with E-state index < -0.39 is 0 Å². The molecule has 32 heavy (non-hydrogen) atoms. The Bertz CT molecular complexity index is 1310. The number of aromatic nitrogens is 2. The first kappa shape index (κ1) is 20.3. The van der Waals surface area contributed by atoms with E-state index in [1.165, 1.54) is 18.7 Å². The molecule has 7 heteroatoms. The van der Waals surface area contributed by atoms with Crippen molar-refractivity contribution in [2.24, 2.45) is 0 Å². The summed E-state index contributed by atoms with van der Waals surface area (Å²) in [6, 6.07) is 19.1. The van der Waals surface area contributed by atoms with Gasteiger partial charge in [-0.15, -0.1) is 0 Å². The second kappa shape index (κ2) is 8.13. The summed E-state index contributed by atoms with van der Waals surface area (Å²) in [6.45, 7) is 0. The molecule has 0 aliphatic heterocycles. The maximum absolute atomic E-state index is 12.9. The van der Waals surface area contributed by atoms with E-state index in [2.05, 4.69) is 28.3 Å². The van der Waals surface area contributed by atoms with Crippen LogP contribution >= 0.6 is 11.6 Å². The van der Waals surface area contributed by atoms with Gasteiger partial charge in [0.15, 0.2) is 5.76 Å². The van der Waals surface area contributed by atoms with Gasteiger partial charge >= 0.3 is 0 Å². The molecular formula is C25H20ClN3O3. The number of anilines is 1. The monoisotopic (exact) mass is 445 g/mol. The van der Waals surface area contributed by atoms with E-state index in [0.717, 1.165) is 46.7 Å². The van der Waals surface area contributed by atoms with Crippen LogP contribution in [0.15, 0.2) is 65.2 Å². The maximum atomic E-state index is 12.9. The standard InChI is InChI=1S/C25H20ClN3O3/c1-29(25(30)17-13-21(26)27-22(14-17)31-2)18-10-7-16(8-11-18)24-20-12-9-15-5-3-4-6-19(15)23(20)28-32-24/h3-8,10-11,13-14H,9,12H2,1-2H3. The molecule has 0 radical (unpaired) electrons. The number of ether oxygens (including phenoxy) is 1. The highest BCUT2D eigenvalue weighted by Gasteiger charge is 2.24. The third kappa shape index (κ3) is 3.52. The average Bonchev–Trinajstić information content (AvgIpc) is 3.27. The lowest BCUT2D eigenvalue weighted by Gasteiger charge is -2.18. The predicted octanol–water partition coefficient (Wildman–Crippen LogP) is 5.44. The van der Waals surface area contributed by atoms with Gasteiger partial charge in [-0.1, -0.05) is 41.0 Å². The number of aryl methyl sites for hydroxylation is 1. The molecule has 5 rings (SSSR count). The van der Waals surface area contributed by atoms with Crippen molar-refractivity contribution in [3.05, 3.63) is 82.5 Å². The van der Waals surface area contributed by atoms with Gasteiger partial charge < -0.3 is 14.2 Å². The Morgan fingerprint density at radius 3 is 2.66 bits per heavy atom. The highest BCUT2D eigenvalue weighted by atomic mass is 35.5. The number of hydrogen-bond acceptors (Lipinski definition) is 5. The second-order valence-electron chi connectivity index (χ2n) is 7.63. The molecule has 1 aliphatic rings. The summed E-state index contributed by atoms with van der Waals surface area (Å²) in [5.41, 5.74) is 6.54. The molecule has 6 nitrogen and oxygen atoms in total. The number of benzene rings is 2. The highest BCUT2D eigenvalue weighted by molar-refractivity contribution is 6.30. The fourth-order valence-electron chi connectivity index (χ4n) is 4.06. The van der Waals surface area contributed by atoms with Crippen molar-refractivity contribution >= 4 is 23.2 Å². The van der Waals surface area contributed by atoms with Crippen molar-refractivity contribution in [1.29, 1.82) is 0 Å². The first-order valence-electron chi connectivity index (χ1n) is 10.2. The molecule has 4 aromatic rings. The van der Waals surface area contributed by atoms with E-state index in [0.29, 0.717) is 11.4 Å². The minimum absolute atomic E-state index is 0.202. The molecule has 1 aliphatic carbocycles. The second-order valence-corrected chi connectivity index (χ2v) is 8.02. The predicted molar refractivity (Wildman–Crippen MR) is 123 cm³/mol. The van der Waals surface area contributed by atoms with Crippen molar-refractivity contribution in [2.75, 3.05) is 19.1 Å². The number of halogens is 1. The van der Waals surface area contributed by atoms with Gasteiger partial charge in [-0.05, 0) is 48.7 Å². The van der Waals surface area contributed by atoms with Gasteiger partial charge in [0.1, 0.15) is 10.8 Å². The van der Waals surface area contributed by atoms with Gasteiger partial charge in [0.2, 0.25) is 5.88 Å². The Balaban J connectivity index is 1.42. The Kier molecular flexibility index (Phi) is 5.15. The maximum Gasteiger partial charge on any atom is 0.258 e. The Hall–Kier alpha value is -3.64. The Labute approximate surface area is 190 Å². The van der Waals surface area contributed by atoms with E-state index in [1.54, 1.807) is 18.0 Å². The van der Waals surface area contributed by atoms with Crippen LogP contribution < -0.4 is 9.64 Å². The summed E-state index contributed by atoms with van der Waals surface area (Å²) < 4.78 is 10.9. The zero-order valence-corrected chi connectivity index (χ0v) is 18.4. The molecular weight excluding hydrogens is 426 g/mol. The fourth-order valence-corrected chi connectivity index (χ4v) is 4.26. The first-order chi connectivity index (χ1) is 15.5. The smallest absolute Gasteiger partial charge is 0.258 e. The molecule has 2 aromatic heterocycles. The van der Waals surface area contributed by atoms with E-state index in [9.17, 15) is 4.79 Å². The minimum atomic E-state index is -0.214. The summed E-state index contributed by atoms with van der Waals surface area (Å²) in [7, 11) is 3.20. The number of hydrogen-bond donors (Lipinski definition) is 0. The molecule has 0 fully saturated rings. The zero-order valence-electron chi connectivity index (χ0n) is 17.6. The van der Waals surface area contributed by atoms with Crippen LogP contribution in [-0.2, 0) is 12.8 Å². The number of pyridine rings is 1. The summed E-state index contributed by atoms with van der Waals surface area (Å²) >= 11 is 6.01. The number of nitrogens with zero attached hydrogens (tertiary/aromatic N) is 3. The van der Waals surface area contributed by atoms with Gasteiger partial charge in [0.25, 0.3) is 5.91 Å². The van der Waals surface area contributed by atoms with Crippen molar-refractivity contribution < 1.29 is 14.1 Å². The van der Waals surface area contributed by atoms with E-state index in [-0.39, 0.29) is 11.1 Å². The zero-order chi connectivity index (χ0) is 22.2. The third-order valence-electron chi connectivity index (χ3n) is 5.75. The number of fused-ring (bicyclic) bond motifs is 3. The molecule has 0 spiro atoms. The molecule has 0 saturated carbocycles. The van der Waals surface area contributed by atoms with Crippen LogP contribution in [0, 0.1) is 0 Å². The van der Waals surface area contributed by atoms with Gasteiger partial charge in [0.05, 0.1) is 7.11 Å². The molecule has 0 N–H and O–H groups in total. The lowest BCUT2D eigenvalue weighted by atomic mass is 9.88. The molecule has 160 valence electrons. The van der Waals surface area contributed by atoms with Crippen LogP contribution in [0.3, 0.4) is 0 Å². The molecule has 0 unspecified atom stereocenters. The Morgan fingerprint density at radius 2 is 1.88 bits per heavy atom. The van der Waals surface area contributed by atoms with Crippen LogP contribution in [0.4, 0.5) is 5.69 Å². The van der Waals surface area contributed by atoms with Crippen molar-refractivity contribution in [3.63, 3.8) is 0 Å². The lowest BCUT2D eigenvalue weighted by Crippen LogP contribution is -2.26. The summed E-state index contributed by atoms with van der Waals surface area (Å²) in [5.74, 6) is 0.857. The SMILES string of the molecule is COc1cc(C(=O)N(C)c2ccc(-c3onc4c3CCc3ccccc3-4)cc2)cc(Cl)n1. The highest BCUT2D eigenvalue weighted by Crippen LogP contribution is 2.38. The third-order valence-corrected chi connectivity index (χ3v) is 5.95. The number of carbonyl (C=O) groups excluding carboxylic acids is 1. The van der Waals surface area contributed by atoms with Crippen LogP contribution in [0.2, 0.25) is 5.15 Å². The van der Waals surface area contributed by atoms with Gasteiger partial charge in [-0.2, -0.15) is 0 Å². The number of rotatable bonds is 4. The molecule has 0 saturated heterocycles. The largest absolute Gasteiger partial charge is 0.481 e. The van der Waals surface area contributed by atoms with Crippen LogP contribution in [0.25, 0.3) is 22.6 Å². The van der Waals surface area contributed by atoms with Crippen LogP contribution in [0.1, 0.15) is 21.5 Å². The number of methoxy groups -OCH3 is 1. The van der Waals surface area contributed by atoms with Gasteiger partial charge in [-0.3, -0.25) is 4.79 Å². The van der Waals surface area contributed by atoms with Crippen LogP contribution in [-0.4, -0.2) is 30.2 Å². The summed E-state index contributed by atoms with van der Waals surface area (Å²) in [6.07, 6.45) is 1.85. The van der Waals surface area contributed by atoms with Gasteiger partial charge in [-0.25, -0.2) is 4.98 Å². The van der Waals surface area contributed by atoms with E-state index >= 15 is 0 Å². The number of amides is 1. The van der Waals surface area contributed by atoms with Gasteiger partial charge in [0, 0.05) is 41.1 Å². The molecule has 2 heterocycles. The number of carbonyl (C=O) groups is 1. The fraction of sp³-hybridized carbons (Fsp3) is 0.160. The normalized spacial score (nSPS) is 12.1. The lowest BCUT2D eigenvalue weighted by molar-refractivity contribution is 0.0992. The molecule has 0 bridgehead atoms. The van der Waals surface area contributed by atoms with Crippen molar-refractivity contribution in [1.82, 2.24) is 10.1 Å². The molecule has 1 amide bonds. The van der Waals surface area contributed by atoms with E-state index in [4.69, 9.17) is 20.9 Å². The summed E-state index contributed by atoms with van der Waals surface area (Å²) in [5, 5.41) is 4.56. The molecule has 2 aromatic carbocycles. The average molecular weight is 446 g/mol. The molecule has 0 atom stereocenters. The Morgan fingerprint density at radius 1 is 1.09 bits per heavy atom. The minimum Gasteiger partial charge on any atom is -0.481 e.